The number of carbonyl (C=O) groups excluding carboxylic acids is 2. The Kier molecular flexibility index (Phi) is 6.78. The van der Waals surface area contributed by atoms with Crippen molar-refractivity contribution >= 4 is 44.7 Å². The summed E-state index contributed by atoms with van der Waals surface area (Å²) < 4.78 is 41.9. The summed E-state index contributed by atoms with van der Waals surface area (Å²) in [6.07, 6.45) is 2.62. The van der Waals surface area contributed by atoms with Crippen molar-refractivity contribution in [2.45, 2.75) is 63.0 Å². The van der Waals surface area contributed by atoms with Crippen LogP contribution >= 0.6 is 11.7 Å². The van der Waals surface area contributed by atoms with Crippen LogP contribution in [-0.2, 0) is 24.3 Å². The number of nitrogens with zero attached hydrogens (tertiary/aromatic N) is 4. The van der Waals surface area contributed by atoms with Crippen molar-refractivity contribution in [1.82, 2.24) is 18.0 Å². The highest BCUT2D eigenvalue weighted by Crippen LogP contribution is 2.30. The van der Waals surface area contributed by atoms with Crippen molar-refractivity contribution in [2.75, 3.05) is 19.6 Å². The van der Waals surface area contributed by atoms with Gasteiger partial charge in [-0.15, -0.1) is 0 Å². The molecular formula is C21H28N4O5S2. The van der Waals surface area contributed by atoms with Gasteiger partial charge in [0, 0.05) is 19.6 Å². The van der Waals surface area contributed by atoms with Gasteiger partial charge in [-0.3, -0.25) is 9.59 Å². The first-order valence-corrected chi connectivity index (χ1v) is 13.2. The molecule has 11 heteroatoms. The van der Waals surface area contributed by atoms with Crippen LogP contribution in [-0.4, -0.2) is 70.0 Å². The number of benzene rings is 1. The van der Waals surface area contributed by atoms with Gasteiger partial charge in [0.15, 0.2) is 6.10 Å². The summed E-state index contributed by atoms with van der Waals surface area (Å²) in [5.74, 6) is -0.327. The molecule has 174 valence electrons. The van der Waals surface area contributed by atoms with Crippen LogP contribution in [0.1, 0.15) is 46.0 Å². The van der Waals surface area contributed by atoms with Crippen LogP contribution in [0.5, 0.6) is 0 Å². The maximum atomic E-state index is 13.5. The Morgan fingerprint density at radius 1 is 1.12 bits per heavy atom. The van der Waals surface area contributed by atoms with Crippen molar-refractivity contribution in [3.8, 4) is 0 Å². The van der Waals surface area contributed by atoms with Crippen LogP contribution < -0.4 is 0 Å². The third kappa shape index (κ3) is 4.51. The maximum absolute atomic E-state index is 13.5. The van der Waals surface area contributed by atoms with Crippen LogP contribution in [0, 0.1) is 5.92 Å². The van der Waals surface area contributed by atoms with Gasteiger partial charge in [0.05, 0.1) is 11.7 Å². The molecule has 0 radical (unpaired) electrons. The molecule has 32 heavy (non-hydrogen) atoms. The van der Waals surface area contributed by atoms with Crippen LogP contribution in [0.4, 0.5) is 0 Å². The van der Waals surface area contributed by atoms with Crippen molar-refractivity contribution in [2.24, 2.45) is 5.92 Å². The normalized spacial score (nSPS) is 22.1. The standard InChI is InChI=1S/C21H28N4O5S2/c1-14-9-12-24(13-10-14)20(26)15(2)30-21(27)17-7-3-4-11-25(17)32(28,29)18-8-5-6-16-19(18)23-31-22-16/h5-6,8,14-15,17H,3-4,7,9-13H2,1-2H3/t15-,17+/m1/s1. The molecule has 4 rings (SSSR count). The second kappa shape index (κ2) is 9.40. The molecule has 1 aromatic heterocycles. The minimum Gasteiger partial charge on any atom is -0.451 e. The number of piperidine rings is 2. The molecule has 2 aliphatic rings. The van der Waals surface area contributed by atoms with E-state index in [1.54, 1.807) is 24.0 Å². The molecule has 2 aliphatic heterocycles. The molecule has 9 nitrogen and oxygen atoms in total. The minimum absolute atomic E-state index is 0.0370. The molecule has 0 bridgehead atoms. The van der Waals surface area contributed by atoms with Gasteiger partial charge in [-0.1, -0.05) is 13.0 Å². The topological polar surface area (TPSA) is 110 Å². The van der Waals surface area contributed by atoms with E-state index in [1.807, 2.05) is 0 Å². The zero-order valence-corrected chi connectivity index (χ0v) is 19.9. The number of hydrogen-bond donors (Lipinski definition) is 0. The van der Waals surface area contributed by atoms with Gasteiger partial charge in [0.1, 0.15) is 22.0 Å². The first-order valence-electron chi connectivity index (χ1n) is 11.0. The smallest absolute Gasteiger partial charge is 0.325 e. The van der Waals surface area contributed by atoms with E-state index in [2.05, 4.69) is 15.7 Å². The second-order valence-corrected chi connectivity index (χ2v) is 11.0. The maximum Gasteiger partial charge on any atom is 0.325 e. The summed E-state index contributed by atoms with van der Waals surface area (Å²) >= 11 is 0.945. The Morgan fingerprint density at radius 3 is 2.62 bits per heavy atom. The summed E-state index contributed by atoms with van der Waals surface area (Å²) in [4.78, 5) is 27.5. The monoisotopic (exact) mass is 480 g/mol. The second-order valence-electron chi connectivity index (χ2n) is 8.60. The molecule has 0 aliphatic carbocycles. The SMILES string of the molecule is CC1CCN(C(=O)[C@@H](C)OC(=O)[C@@H]2CCCCN2S(=O)(=O)c2cccc3nsnc23)CC1. The number of esters is 1. The van der Waals surface area contributed by atoms with Gasteiger partial charge in [-0.25, -0.2) is 8.42 Å². The first-order chi connectivity index (χ1) is 15.3. The fourth-order valence-corrected chi connectivity index (χ4v) is 6.73. The Labute approximate surface area is 192 Å². The lowest BCUT2D eigenvalue weighted by atomic mass is 9.99. The molecule has 1 aromatic carbocycles. The van der Waals surface area contributed by atoms with Crippen molar-refractivity contribution < 1.29 is 22.7 Å². The molecule has 0 N–H and O–H groups in total. The number of ether oxygens (including phenoxy) is 1. The third-order valence-corrected chi connectivity index (χ3v) is 8.78. The predicted octanol–water partition coefficient (Wildman–Crippen LogP) is 2.42. The highest BCUT2D eigenvalue weighted by atomic mass is 32.2. The number of likely N-dealkylation sites (tertiary alicyclic amines) is 1. The summed E-state index contributed by atoms with van der Waals surface area (Å²) in [5.41, 5.74) is 0.806. The largest absolute Gasteiger partial charge is 0.451 e. The molecule has 0 saturated carbocycles. The fraction of sp³-hybridized carbons (Fsp3) is 0.619. The number of rotatable bonds is 5. The van der Waals surface area contributed by atoms with Crippen molar-refractivity contribution in [3.05, 3.63) is 18.2 Å². The molecule has 2 fully saturated rings. The zero-order valence-electron chi connectivity index (χ0n) is 18.3. The number of amides is 1. The quantitative estimate of drug-likeness (QED) is 0.605. The Hall–Kier alpha value is -2.11. The van der Waals surface area contributed by atoms with Gasteiger partial charge in [0.25, 0.3) is 5.91 Å². The van der Waals surface area contributed by atoms with Crippen LogP contribution in [0.25, 0.3) is 11.0 Å². The van der Waals surface area contributed by atoms with Crippen LogP contribution in [0.15, 0.2) is 23.1 Å². The lowest BCUT2D eigenvalue weighted by molar-refractivity contribution is -0.163. The van der Waals surface area contributed by atoms with Gasteiger partial charge < -0.3 is 9.64 Å². The highest BCUT2D eigenvalue weighted by molar-refractivity contribution is 7.89. The molecule has 3 heterocycles. The van der Waals surface area contributed by atoms with Gasteiger partial charge in [-0.2, -0.15) is 13.1 Å². The Balaban J connectivity index is 1.51. The van der Waals surface area contributed by atoms with Crippen molar-refractivity contribution in [1.29, 1.82) is 0 Å². The summed E-state index contributed by atoms with van der Waals surface area (Å²) in [6.45, 7) is 5.23. The Bertz CT molecular complexity index is 1090. The highest BCUT2D eigenvalue weighted by Gasteiger charge is 2.41. The van der Waals surface area contributed by atoms with Crippen molar-refractivity contribution in [3.63, 3.8) is 0 Å². The molecule has 2 aromatic rings. The van der Waals surface area contributed by atoms with E-state index in [4.69, 9.17) is 4.74 Å². The van der Waals surface area contributed by atoms with E-state index in [0.717, 1.165) is 24.6 Å². The minimum atomic E-state index is -3.99. The zero-order chi connectivity index (χ0) is 22.9. The number of fused-ring (bicyclic) bond motifs is 1. The lowest BCUT2D eigenvalue weighted by Gasteiger charge is -2.35. The van der Waals surface area contributed by atoms with Gasteiger partial charge in [0.2, 0.25) is 10.0 Å². The number of hydrogen-bond acceptors (Lipinski definition) is 8. The van der Waals surface area contributed by atoms with E-state index < -0.39 is 28.1 Å². The fourth-order valence-electron chi connectivity index (χ4n) is 4.33. The molecule has 2 atom stereocenters. The summed E-state index contributed by atoms with van der Waals surface area (Å²) in [5, 5.41) is 0. The van der Waals surface area contributed by atoms with Gasteiger partial charge >= 0.3 is 5.97 Å². The molecule has 0 unspecified atom stereocenters. The average Bonchev–Trinajstić information content (AvgIpc) is 3.28. The van der Waals surface area contributed by atoms with Gasteiger partial charge in [-0.05, 0) is 57.1 Å². The lowest BCUT2D eigenvalue weighted by Crippen LogP contribution is -2.50. The molecular weight excluding hydrogens is 452 g/mol. The van der Waals surface area contributed by atoms with Crippen LogP contribution in [0.2, 0.25) is 0 Å². The number of aromatic nitrogens is 2. The van der Waals surface area contributed by atoms with E-state index >= 15 is 0 Å². The first kappa shape index (κ1) is 23.1. The number of carbonyl (C=O) groups is 2. The van der Waals surface area contributed by atoms with E-state index in [-0.39, 0.29) is 17.3 Å². The van der Waals surface area contributed by atoms with E-state index in [0.29, 0.717) is 49.3 Å². The molecule has 1 amide bonds. The number of sulfonamides is 1. The third-order valence-electron chi connectivity index (χ3n) is 6.30. The predicted molar refractivity (Wildman–Crippen MR) is 119 cm³/mol. The summed E-state index contributed by atoms with van der Waals surface area (Å²) in [6, 6.07) is 3.84. The van der Waals surface area contributed by atoms with E-state index in [9.17, 15) is 18.0 Å². The average molecular weight is 481 g/mol. The van der Waals surface area contributed by atoms with Crippen LogP contribution in [0.3, 0.4) is 0 Å². The Morgan fingerprint density at radius 2 is 1.88 bits per heavy atom. The summed E-state index contributed by atoms with van der Waals surface area (Å²) in [7, 11) is -3.99. The molecule has 2 saturated heterocycles. The molecule has 0 spiro atoms. The van der Waals surface area contributed by atoms with E-state index in [1.165, 1.54) is 10.4 Å².